The average Bonchev–Trinajstić information content (AvgIpc) is 2.57. The van der Waals surface area contributed by atoms with E-state index in [4.69, 9.17) is 11.6 Å². The van der Waals surface area contributed by atoms with Gasteiger partial charge >= 0.3 is 0 Å². The van der Waals surface area contributed by atoms with Crippen LogP contribution in [0.15, 0.2) is 54.6 Å². The normalized spacial score (nSPS) is 12.6. The summed E-state index contributed by atoms with van der Waals surface area (Å²) in [6.45, 7) is 0.391. The molecule has 0 bridgehead atoms. The van der Waals surface area contributed by atoms with Gasteiger partial charge in [0.25, 0.3) is 0 Å². The van der Waals surface area contributed by atoms with Gasteiger partial charge in [-0.3, -0.25) is 4.79 Å². The van der Waals surface area contributed by atoms with Gasteiger partial charge in [-0.05, 0) is 17.2 Å². The van der Waals surface area contributed by atoms with Crippen molar-refractivity contribution in [2.24, 2.45) is 0 Å². The van der Waals surface area contributed by atoms with E-state index >= 15 is 0 Å². The zero-order valence-electron chi connectivity index (χ0n) is 13.9. The van der Waals surface area contributed by atoms with E-state index in [-0.39, 0.29) is 31.3 Å². The predicted octanol–water partition coefficient (Wildman–Crippen LogP) is 2.53. The van der Waals surface area contributed by atoms with Crippen LogP contribution in [0.2, 0.25) is 5.02 Å². The van der Waals surface area contributed by atoms with E-state index in [0.717, 1.165) is 17.4 Å². The summed E-state index contributed by atoms with van der Waals surface area (Å²) in [5, 5.41) is 3.35. The van der Waals surface area contributed by atoms with Crippen LogP contribution in [0.4, 0.5) is 0 Å². The molecule has 5 nitrogen and oxygen atoms in total. The van der Waals surface area contributed by atoms with E-state index in [1.54, 1.807) is 6.07 Å². The van der Waals surface area contributed by atoms with Gasteiger partial charge in [-0.25, -0.2) is 13.1 Å². The predicted molar refractivity (Wildman–Crippen MR) is 100 cm³/mol. The van der Waals surface area contributed by atoms with Crippen molar-refractivity contribution in [3.05, 3.63) is 70.7 Å². The maximum Gasteiger partial charge on any atom is 0.220 e. The highest BCUT2D eigenvalue weighted by atomic mass is 35.5. The Hall–Kier alpha value is -1.89. The van der Waals surface area contributed by atoms with E-state index < -0.39 is 10.0 Å². The molecule has 0 fully saturated rings. The Morgan fingerprint density at radius 2 is 1.68 bits per heavy atom. The summed E-state index contributed by atoms with van der Waals surface area (Å²) in [5.74, 6) is -0.332. The Balaban J connectivity index is 2.07. The van der Waals surface area contributed by atoms with E-state index in [1.165, 1.54) is 0 Å². The lowest BCUT2D eigenvalue weighted by Gasteiger charge is -2.19. The number of hydrogen-bond donors (Lipinski definition) is 2. The van der Waals surface area contributed by atoms with Crippen LogP contribution in [0.3, 0.4) is 0 Å². The van der Waals surface area contributed by atoms with Crippen LogP contribution < -0.4 is 10.0 Å². The van der Waals surface area contributed by atoms with E-state index in [9.17, 15) is 13.2 Å². The Morgan fingerprint density at radius 3 is 2.32 bits per heavy atom. The summed E-state index contributed by atoms with van der Waals surface area (Å²) < 4.78 is 24.4. The van der Waals surface area contributed by atoms with Gasteiger partial charge in [0.2, 0.25) is 15.9 Å². The molecule has 1 atom stereocenters. The summed E-state index contributed by atoms with van der Waals surface area (Å²) in [4.78, 5) is 12.3. The van der Waals surface area contributed by atoms with Crippen molar-refractivity contribution < 1.29 is 13.2 Å². The molecule has 25 heavy (non-hydrogen) atoms. The topological polar surface area (TPSA) is 75.3 Å². The fourth-order valence-corrected chi connectivity index (χ4v) is 3.29. The summed E-state index contributed by atoms with van der Waals surface area (Å²) in [5.41, 5.74) is 1.89. The zero-order chi connectivity index (χ0) is 18.3. The first-order valence-electron chi connectivity index (χ1n) is 7.87. The van der Waals surface area contributed by atoms with Gasteiger partial charge in [0.05, 0.1) is 6.26 Å². The molecule has 0 aliphatic carbocycles. The molecule has 0 radical (unpaired) electrons. The Bertz CT molecular complexity index is 810. The fraction of sp³-hybridized carbons (Fsp3) is 0.278. The van der Waals surface area contributed by atoms with E-state index in [1.807, 2.05) is 48.5 Å². The second-order valence-corrected chi connectivity index (χ2v) is 7.95. The van der Waals surface area contributed by atoms with Gasteiger partial charge in [-0.15, -0.1) is 0 Å². The van der Waals surface area contributed by atoms with Gasteiger partial charge in [0.15, 0.2) is 0 Å². The van der Waals surface area contributed by atoms with Gasteiger partial charge in [-0.1, -0.05) is 60.1 Å². The van der Waals surface area contributed by atoms with Crippen LogP contribution in [0.1, 0.15) is 23.5 Å². The molecule has 0 unspecified atom stereocenters. The summed E-state index contributed by atoms with van der Waals surface area (Å²) in [6.07, 6.45) is 1.31. The molecule has 0 heterocycles. The maximum absolute atomic E-state index is 12.3. The minimum atomic E-state index is -3.26. The summed E-state index contributed by atoms with van der Waals surface area (Å²) in [7, 11) is -3.26. The highest BCUT2D eigenvalue weighted by Gasteiger charge is 2.20. The number of halogens is 1. The minimum Gasteiger partial charge on any atom is -0.355 e. The largest absolute Gasteiger partial charge is 0.355 e. The van der Waals surface area contributed by atoms with Gasteiger partial charge in [0.1, 0.15) is 0 Å². The third-order valence-electron chi connectivity index (χ3n) is 3.68. The molecular formula is C18H21ClN2O3S. The second kappa shape index (κ2) is 8.99. The molecule has 2 rings (SSSR count). The van der Waals surface area contributed by atoms with Gasteiger partial charge in [-0.2, -0.15) is 0 Å². The van der Waals surface area contributed by atoms with Crippen molar-refractivity contribution >= 4 is 27.5 Å². The van der Waals surface area contributed by atoms with Gasteiger partial charge in [0, 0.05) is 30.5 Å². The third kappa shape index (κ3) is 6.49. The van der Waals surface area contributed by atoms with E-state index in [2.05, 4.69) is 10.0 Å². The molecular weight excluding hydrogens is 360 g/mol. The maximum atomic E-state index is 12.3. The van der Waals surface area contributed by atoms with Crippen molar-refractivity contribution in [2.45, 2.75) is 12.3 Å². The Morgan fingerprint density at radius 1 is 1.04 bits per heavy atom. The standard InChI is InChI=1S/C18H21ClN2O3S/c1-25(23,24)21-12-11-20-18(22)13-16(14-7-3-2-4-8-14)15-9-5-6-10-17(15)19/h2-10,16,21H,11-13H2,1H3,(H,20,22)/t16-/m1/s1. The number of amides is 1. The highest BCUT2D eigenvalue weighted by molar-refractivity contribution is 7.88. The first-order valence-corrected chi connectivity index (χ1v) is 10.1. The number of carbonyl (C=O) groups is 1. The molecule has 2 aromatic carbocycles. The van der Waals surface area contributed by atoms with Crippen LogP contribution in [-0.2, 0) is 14.8 Å². The zero-order valence-corrected chi connectivity index (χ0v) is 15.5. The number of benzene rings is 2. The van der Waals surface area contributed by atoms with Crippen molar-refractivity contribution in [1.29, 1.82) is 0 Å². The molecule has 0 spiro atoms. The molecule has 1 amide bonds. The van der Waals surface area contributed by atoms with Crippen LogP contribution >= 0.6 is 11.6 Å². The first-order chi connectivity index (χ1) is 11.9. The highest BCUT2D eigenvalue weighted by Crippen LogP contribution is 2.32. The lowest BCUT2D eigenvalue weighted by atomic mass is 9.88. The summed E-state index contributed by atoms with van der Waals surface area (Å²) >= 11 is 6.32. The average molecular weight is 381 g/mol. The second-order valence-electron chi connectivity index (χ2n) is 5.71. The van der Waals surface area contributed by atoms with Crippen LogP contribution in [0, 0.1) is 0 Å². The quantitative estimate of drug-likeness (QED) is 0.691. The Labute approximate surface area is 153 Å². The molecule has 0 saturated carbocycles. The molecule has 0 aromatic heterocycles. The smallest absolute Gasteiger partial charge is 0.220 e. The summed E-state index contributed by atoms with van der Waals surface area (Å²) in [6, 6.07) is 17.2. The van der Waals surface area contributed by atoms with Crippen molar-refractivity contribution in [3.63, 3.8) is 0 Å². The molecule has 0 saturated heterocycles. The molecule has 2 N–H and O–H groups in total. The van der Waals surface area contributed by atoms with Crippen molar-refractivity contribution in [2.75, 3.05) is 19.3 Å². The molecule has 0 aliphatic heterocycles. The molecule has 7 heteroatoms. The van der Waals surface area contributed by atoms with Crippen LogP contribution in [-0.4, -0.2) is 33.7 Å². The van der Waals surface area contributed by atoms with Crippen LogP contribution in [0.25, 0.3) is 0 Å². The number of carbonyl (C=O) groups excluding carboxylic acids is 1. The Kier molecular flexibility index (Phi) is 6.99. The monoisotopic (exact) mass is 380 g/mol. The first kappa shape index (κ1) is 19.4. The van der Waals surface area contributed by atoms with E-state index in [0.29, 0.717) is 5.02 Å². The van der Waals surface area contributed by atoms with Crippen molar-refractivity contribution in [3.8, 4) is 0 Å². The number of rotatable bonds is 8. The lowest BCUT2D eigenvalue weighted by molar-refractivity contribution is -0.121. The number of hydrogen-bond acceptors (Lipinski definition) is 3. The van der Waals surface area contributed by atoms with Gasteiger partial charge < -0.3 is 5.32 Å². The lowest BCUT2D eigenvalue weighted by Crippen LogP contribution is -2.34. The van der Waals surface area contributed by atoms with Crippen molar-refractivity contribution in [1.82, 2.24) is 10.0 Å². The molecule has 134 valence electrons. The fourth-order valence-electron chi connectivity index (χ4n) is 2.55. The number of sulfonamides is 1. The minimum absolute atomic E-state index is 0.159. The molecule has 0 aliphatic rings. The SMILES string of the molecule is CS(=O)(=O)NCCNC(=O)C[C@H](c1ccccc1)c1ccccc1Cl. The number of nitrogens with one attached hydrogen (secondary N) is 2. The molecule has 2 aromatic rings. The van der Waals surface area contributed by atoms with Crippen LogP contribution in [0.5, 0.6) is 0 Å². The third-order valence-corrected chi connectivity index (χ3v) is 4.76.